The van der Waals surface area contributed by atoms with E-state index in [4.69, 9.17) is 9.47 Å². The van der Waals surface area contributed by atoms with Crippen LogP contribution in [0.5, 0.6) is 5.75 Å². The second-order valence-corrected chi connectivity index (χ2v) is 7.17. The van der Waals surface area contributed by atoms with Crippen LogP contribution in [0.2, 0.25) is 0 Å². The molecule has 29 heavy (non-hydrogen) atoms. The van der Waals surface area contributed by atoms with Crippen LogP contribution >= 0.6 is 0 Å². The molecule has 156 valence electrons. The Morgan fingerprint density at radius 3 is 2.48 bits per heavy atom. The highest BCUT2D eigenvalue weighted by atomic mass is 16.5. The van der Waals surface area contributed by atoms with E-state index in [0.29, 0.717) is 0 Å². The van der Waals surface area contributed by atoms with Gasteiger partial charge >= 0.3 is 0 Å². The molecule has 2 N–H and O–H groups in total. The first kappa shape index (κ1) is 21.1. The van der Waals surface area contributed by atoms with E-state index in [1.54, 1.807) is 7.11 Å². The van der Waals surface area contributed by atoms with Crippen LogP contribution in [-0.4, -0.2) is 57.9 Å². The molecule has 0 aromatic heterocycles. The highest BCUT2D eigenvalue weighted by Crippen LogP contribution is 2.23. The lowest BCUT2D eigenvalue weighted by molar-refractivity contribution is 0.0170. The zero-order chi connectivity index (χ0) is 20.5. The molecular weight excluding hydrogens is 364 g/mol. The van der Waals surface area contributed by atoms with Crippen molar-refractivity contribution in [3.05, 3.63) is 65.2 Å². The maximum absolute atomic E-state index is 5.55. The lowest BCUT2D eigenvalue weighted by Crippen LogP contribution is -2.46. The number of guanidine groups is 1. The number of methoxy groups -OCH3 is 1. The molecule has 1 aliphatic heterocycles. The molecule has 0 radical (unpaired) electrons. The summed E-state index contributed by atoms with van der Waals surface area (Å²) in [4.78, 5) is 6.87. The van der Waals surface area contributed by atoms with Gasteiger partial charge in [-0.1, -0.05) is 36.4 Å². The Morgan fingerprint density at radius 1 is 1.10 bits per heavy atom. The summed E-state index contributed by atoms with van der Waals surface area (Å²) >= 11 is 0. The molecule has 2 aromatic carbocycles. The number of aryl methyl sites for hydroxylation is 1. The summed E-state index contributed by atoms with van der Waals surface area (Å²) in [7, 11) is 3.50. The molecule has 1 heterocycles. The minimum absolute atomic E-state index is 0.238. The summed E-state index contributed by atoms with van der Waals surface area (Å²) in [6.45, 7) is 7.03. The molecule has 1 fully saturated rings. The molecule has 0 aliphatic carbocycles. The van der Waals surface area contributed by atoms with Gasteiger partial charge in [0.15, 0.2) is 5.96 Å². The third kappa shape index (κ3) is 5.95. The summed E-state index contributed by atoms with van der Waals surface area (Å²) in [5.41, 5.74) is 3.81. The first-order chi connectivity index (χ1) is 14.2. The van der Waals surface area contributed by atoms with Gasteiger partial charge < -0.3 is 20.1 Å². The van der Waals surface area contributed by atoms with E-state index in [1.807, 2.05) is 19.2 Å². The van der Waals surface area contributed by atoms with Gasteiger partial charge in [0, 0.05) is 33.2 Å². The molecule has 6 heteroatoms. The summed E-state index contributed by atoms with van der Waals surface area (Å²) in [5, 5.41) is 6.94. The standard InChI is InChI=1S/C23H32N4O2/c1-18-6-4-5-7-20(18)16-25-23(24-2)26-17-22(27-12-14-29-15-13-27)19-8-10-21(28-3)11-9-19/h4-11,22H,12-17H2,1-3H3,(H2,24,25,26). The van der Waals surface area contributed by atoms with Crippen molar-refractivity contribution in [2.45, 2.75) is 19.5 Å². The second kappa shape index (κ2) is 10.8. The average Bonchev–Trinajstić information content (AvgIpc) is 2.78. The smallest absolute Gasteiger partial charge is 0.191 e. The molecule has 1 aliphatic rings. The fraction of sp³-hybridized carbons (Fsp3) is 0.435. The highest BCUT2D eigenvalue weighted by Gasteiger charge is 2.23. The highest BCUT2D eigenvalue weighted by molar-refractivity contribution is 5.79. The van der Waals surface area contributed by atoms with Gasteiger partial charge in [0.2, 0.25) is 0 Å². The fourth-order valence-corrected chi connectivity index (χ4v) is 3.57. The van der Waals surface area contributed by atoms with Crippen LogP contribution in [0.15, 0.2) is 53.5 Å². The molecule has 0 bridgehead atoms. The normalized spacial score (nSPS) is 16.3. The average molecular weight is 397 g/mol. The first-order valence-corrected chi connectivity index (χ1v) is 10.2. The monoisotopic (exact) mass is 396 g/mol. The van der Waals surface area contributed by atoms with E-state index < -0.39 is 0 Å². The lowest BCUT2D eigenvalue weighted by Gasteiger charge is -2.35. The van der Waals surface area contributed by atoms with E-state index in [1.165, 1.54) is 16.7 Å². The Morgan fingerprint density at radius 2 is 1.83 bits per heavy atom. The topological polar surface area (TPSA) is 58.1 Å². The Labute approximate surface area is 173 Å². The lowest BCUT2D eigenvalue weighted by atomic mass is 10.0. The molecule has 1 saturated heterocycles. The summed E-state index contributed by atoms with van der Waals surface area (Å²) in [6, 6.07) is 17.0. The summed E-state index contributed by atoms with van der Waals surface area (Å²) in [6.07, 6.45) is 0. The molecule has 0 saturated carbocycles. The third-order valence-electron chi connectivity index (χ3n) is 5.38. The predicted octanol–water partition coefficient (Wildman–Crippen LogP) is 2.74. The number of nitrogens with zero attached hydrogens (tertiary/aromatic N) is 2. The Bertz CT molecular complexity index is 786. The Kier molecular flexibility index (Phi) is 7.90. The summed E-state index contributed by atoms with van der Waals surface area (Å²) < 4.78 is 10.9. The zero-order valence-electron chi connectivity index (χ0n) is 17.6. The van der Waals surface area contributed by atoms with Gasteiger partial charge in [-0.25, -0.2) is 0 Å². The van der Waals surface area contributed by atoms with Gasteiger partial charge in [0.1, 0.15) is 5.75 Å². The predicted molar refractivity (Wildman–Crippen MR) is 118 cm³/mol. The van der Waals surface area contributed by atoms with Gasteiger partial charge in [-0.15, -0.1) is 0 Å². The number of hydrogen-bond acceptors (Lipinski definition) is 4. The minimum atomic E-state index is 0.238. The van der Waals surface area contributed by atoms with Gasteiger partial charge in [-0.3, -0.25) is 9.89 Å². The largest absolute Gasteiger partial charge is 0.497 e. The number of morpholine rings is 1. The molecule has 6 nitrogen and oxygen atoms in total. The molecule has 3 rings (SSSR count). The van der Waals surface area contributed by atoms with Crippen molar-refractivity contribution in [2.75, 3.05) is 47.0 Å². The van der Waals surface area contributed by atoms with Crippen molar-refractivity contribution in [1.29, 1.82) is 0 Å². The van der Waals surface area contributed by atoms with Gasteiger partial charge in [-0.05, 0) is 35.7 Å². The number of ether oxygens (including phenoxy) is 2. The number of hydrogen-bond donors (Lipinski definition) is 2. The van der Waals surface area contributed by atoms with E-state index in [9.17, 15) is 0 Å². The van der Waals surface area contributed by atoms with Crippen LogP contribution in [0, 0.1) is 6.92 Å². The first-order valence-electron chi connectivity index (χ1n) is 10.2. The number of rotatable bonds is 7. The number of aliphatic imine (C=N–C) groups is 1. The summed E-state index contributed by atoms with van der Waals surface area (Å²) in [5.74, 6) is 1.68. The van der Waals surface area contributed by atoms with Crippen LogP contribution in [0.25, 0.3) is 0 Å². The van der Waals surface area contributed by atoms with Crippen molar-refractivity contribution in [3.8, 4) is 5.75 Å². The molecule has 1 atom stereocenters. The second-order valence-electron chi connectivity index (χ2n) is 7.17. The van der Waals surface area contributed by atoms with Crippen LogP contribution in [0.1, 0.15) is 22.7 Å². The maximum Gasteiger partial charge on any atom is 0.191 e. The minimum Gasteiger partial charge on any atom is -0.497 e. The SMILES string of the molecule is CN=C(NCc1ccccc1C)NCC(c1ccc(OC)cc1)N1CCOCC1. The number of nitrogens with one attached hydrogen (secondary N) is 2. The van der Waals surface area contributed by atoms with E-state index in [0.717, 1.165) is 51.1 Å². The maximum atomic E-state index is 5.55. The molecule has 1 unspecified atom stereocenters. The van der Waals surface area contributed by atoms with Gasteiger partial charge in [0.05, 0.1) is 26.4 Å². The Hall–Kier alpha value is -2.57. The van der Waals surface area contributed by atoms with Gasteiger partial charge in [0.25, 0.3) is 0 Å². The van der Waals surface area contributed by atoms with Crippen molar-refractivity contribution in [1.82, 2.24) is 15.5 Å². The van der Waals surface area contributed by atoms with Crippen LogP contribution < -0.4 is 15.4 Å². The number of benzene rings is 2. The quantitative estimate of drug-likeness (QED) is 0.557. The van der Waals surface area contributed by atoms with Crippen LogP contribution in [0.4, 0.5) is 0 Å². The van der Waals surface area contributed by atoms with E-state index >= 15 is 0 Å². The zero-order valence-corrected chi connectivity index (χ0v) is 17.6. The van der Waals surface area contributed by atoms with E-state index in [2.05, 4.69) is 63.8 Å². The molecule has 0 amide bonds. The van der Waals surface area contributed by atoms with Crippen molar-refractivity contribution in [3.63, 3.8) is 0 Å². The van der Waals surface area contributed by atoms with Crippen LogP contribution in [0.3, 0.4) is 0 Å². The Balaban J connectivity index is 1.65. The molecule has 2 aromatic rings. The van der Waals surface area contributed by atoms with Crippen molar-refractivity contribution >= 4 is 5.96 Å². The van der Waals surface area contributed by atoms with Crippen LogP contribution in [-0.2, 0) is 11.3 Å². The van der Waals surface area contributed by atoms with Crippen molar-refractivity contribution < 1.29 is 9.47 Å². The third-order valence-corrected chi connectivity index (χ3v) is 5.38. The van der Waals surface area contributed by atoms with Gasteiger partial charge in [-0.2, -0.15) is 0 Å². The molecular formula is C23H32N4O2. The van der Waals surface area contributed by atoms with Crippen molar-refractivity contribution in [2.24, 2.45) is 4.99 Å². The molecule has 0 spiro atoms. The van der Waals surface area contributed by atoms with E-state index in [-0.39, 0.29) is 6.04 Å². The fourth-order valence-electron chi connectivity index (χ4n) is 3.57.